The summed E-state index contributed by atoms with van der Waals surface area (Å²) in [5, 5.41) is 12.6. The van der Waals surface area contributed by atoms with Crippen molar-refractivity contribution in [3.05, 3.63) is 52.3 Å². The highest BCUT2D eigenvalue weighted by Crippen LogP contribution is 2.27. The minimum absolute atomic E-state index is 0.102. The largest absolute Gasteiger partial charge is 0.504 e. The summed E-state index contributed by atoms with van der Waals surface area (Å²) in [5.41, 5.74) is 1.33. The Morgan fingerprint density at radius 1 is 1.25 bits per heavy atom. The van der Waals surface area contributed by atoms with Gasteiger partial charge in [0.15, 0.2) is 11.5 Å². The molecule has 0 heterocycles. The van der Waals surface area contributed by atoms with Crippen LogP contribution < -0.4 is 10.1 Å². The highest BCUT2D eigenvalue weighted by molar-refractivity contribution is 9.10. The van der Waals surface area contributed by atoms with Crippen LogP contribution in [0.1, 0.15) is 12.5 Å². The number of aromatic hydroxyl groups is 1. The van der Waals surface area contributed by atoms with Crippen LogP contribution in [0.15, 0.2) is 40.9 Å². The number of hydrogen-bond donors (Lipinski definition) is 2. The highest BCUT2D eigenvalue weighted by atomic mass is 79.9. The quantitative estimate of drug-likeness (QED) is 0.853. The van der Waals surface area contributed by atoms with E-state index in [4.69, 9.17) is 4.74 Å². The lowest BCUT2D eigenvalue weighted by molar-refractivity contribution is 0.318. The van der Waals surface area contributed by atoms with Gasteiger partial charge in [0.2, 0.25) is 0 Å². The van der Waals surface area contributed by atoms with Crippen molar-refractivity contribution in [2.75, 3.05) is 11.9 Å². The second-order valence-electron chi connectivity index (χ2n) is 4.21. The summed E-state index contributed by atoms with van der Waals surface area (Å²) in [5.74, 6) is 0.219. The predicted octanol–water partition coefficient (Wildman–Crippen LogP) is 4.30. The van der Waals surface area contributed by atoms with E-state index in [-0.39, 0.29) is 11.6 Å². The Morgan fingerprint density at radius 3 is 2.75 bits per heavy atom. The van der Waals surface area contributed by atoms with Crippen LogP contribution in [0.4, 0.5) is 10.1 Å². The lowest BCUT2D eigenvalue weighted by Gasteiger charge is -2.11. The first-order chi connectivity index (χ1) is 9.60. The molecule has 2 aromatic carbocycles. The maximum absolute atomic E-state index is 13.7. The molecule has 0 aliphatic rings. The first kappa shape index (κ1) is 14.7. The number of phenolic OH excluding ortho intramolecular Hbond substituents is 1. The van der Waals surface area contributed by atoms with E-state index < -0.39 is 0 Å². The van der Waals surface area contributed by atoms with Gasteiger partial charge in [-0.1, -0.05) is 22.0 Å². The van der Waals surface area contributed by atoms with Crippen molar-refractivity contribution in [3.8, 4) is 11.5 Å². The average Bonchev–Trinajstić information content (AvgIpc) is 2.41. The zero-order valence-electron chi connectivity index (χ0n) is 11.0. The van der Waals surface area contributed by atoms with Gasteiger partial charge in [-0.3, -0.25) is 0 Å². The predicted molar refractivity (Wildman–Crippen MR) is 80.7 cm³/mol. The van der Waals surface area contributed by atoms with Crippen LogP contribution in [0.25, 0.3) is 0 Å². The zero-order valence-corrected chi connectivity index (χ0v) is 12.6. The molecule has 0 aromatic heterocycles. The molecule has 0 fully saturated rings. The van der Waals surface area contributed by atoms with Gasteiger partial charge in [0, 0.05) is 11.0 Å². The first-order valence-electron chi connectivity index (χ1n) is 6.23. The van der Waals surface area contributed by atoms with E-state index in [1.165, 1.54) is 6.07 Å². The van der Waals surface area contributed by atoms with Crippen LogP contribution in [0.3, 0.4) is 0 Å². The molecule has 0 saturated heterocycles. The van der Waals surface area contributed by atoms with Crippen LogP contribution in [0.5, 0.6) is 11.5 Å². The molecular formula is C15H15BrFNO2. The van der Waals surface area contributed by atoms with E-state index in [0.717, 1.165) is 5.56 Å². The van der Waals surface area contributed by atoms with Crippen LogP contribution in [0, 0.1) is 5.82 Å². The molecule has 0 radical (unpaired) electrons. The average molecular weight is 340 g/mol. The number of halogens is 2. The Labute approximate surface area is 125 Å². The summed E-state index contributed by atoms with van der Waals surface area (Å²) >= 11 is 3.21. The third-order valence-electron chi connectivity index (χ3n) is 2.74. The molecule has 0 unspecified atom stereocenters. The zero-order chi connectivity index (χ0) is 14.5. The van der Waals surface area contributed by atoms with Crippen molar-refractivity contribution in [2.45, 2.75) is 13.5 Å². The fourth-order valence-corrected chi connectivity index (χ4v) is 2.10. The van der Waals surface area contributed by atoms with Gasteiger partial charge >= 0.3 is 0 Å². The molecule has 0 spiro atoms. The minimum atomic E-state index is -0.316. The number of benzene rings is 2. The van der Waals surface area contributed by atoms with E-state index in [1.807, 2.05) is 6.92 Å². The van der Waals surface area contributed by atoms with Gasteiger partial charge in [-0.05, 0) is 42.8 Å². The molecule has 2 N–H and O–H groups in total. The minimum Gasteiger partial charge on any atom is -0.504 e. The molecule has 0 amide bonds. The standard InChI is InChI=1S/C15H15BrFNO2/c1-2-20-15-7-10(3-6-14(15)19)9-18-13-5-4-11(16)8-12(13)17/h3-8,18-19H,2,9H2,1H3. The lowest BCUT2D eigenvalue weighted by atomic mass is 10.2. The number of phenols is 1. The number of hydrogen-bond acceptors (Lipinski definition) is 3. The van der Waals surface area contributed by atoms with E-state index >= 15 is 0 Å². The van der Waals surface area contributed by atoms with Crippen molar-refractivity contribution >= 4 is 21.6 Å². The van der Waals surface area contributed by atoms with Gasteiger partial charge in [0.1, 0.15) is 5.82 Å². The Morgan fingerprint density at radius 2 is 2.05 bits per heavy atom. The van der Waals surface area contributed by atoms with E-state index in [2.05, 4.69) is 21.2 Å². The smallest absolute Gasteiger partial charge is 0.161 e. The Balaban J connectivity index is 2.08. The molecule has 0 atom stereocenters. The second-order valence-corrected chi connectivity index (χ2v) is 5.13. The Bertz CT molecular complexity index is 604. The van der Waals surface area contributed by atoms with Gasteiger partial charge < -0.3 is 15.2 Å². The molecular weight excluding hydrogens is 325 g/mol. The van der Waals surface area contributed by atoms with Crippen LogP contribution >= 0.6 is 15.9 Å². The third kappa shape index (κ3) is 3.63. The van der Waals surface area contributed by atoms with Crippen molar-refractivity contribution < 1.29 is 14.2 Å². The summed E-state index contributed by atoms with van der Waals surface area (Å²) in [6.45, 7) is 2.77. The molecule has 5 heteroatoms. The van der Waals surface area contributed by atoms with E-state index in [9.17, 15) is 9.50 Å². The van der Waals surface area contributed by atoms with Crippen molar-refractivity contribution in [3.63, 3.8) is 0 Å². The Kier molecular flexibility index (Phi) is 4.84. The number of ether oxygens (including phenoxy) is 1. The Hall–Kier alpha value is -1.75. The van der Waals surface area contributed by atoms with Gasteiger partial charge in [-0.2, -0.15) is 0 Å². The number of anilines is 1. The lowest BCUT2D eigenvalue weighted by Crippen LogP contribution is -2.02. The van der Waals surface area contributed by atoms with Gasteiger partial charge in [0.25, 0.3) is 0 Å². The van der Waals surface area contributed by atoms with Gasteiger partial charge in [0.05, 0.1) is 12.3 Å². The normalized spacial score (nSPS) is 10.3. The first-order valence-corrected chi connectivity index (χ1v) is 7.03. The fraction of sp³-hybridized carbons (Fsp3) is 0.200. The number of rotatable bonds is 5. The molecule has 0 aliphatic carbocycles. The number of nitrogens with one attached hydrogen (secondary N) is 1. The molecule has 0 aliphatic heterocycles. The van der Waals surface area contributed by atoms with Gasteiger partial charge in [-0.25, -0.2) is 4.39 Å². The maximum Gasteiger partial charge on any atom is 0.161 e. The fourth-order valence-electron chi connectivity index (χ4n) is 1.77. The summed E-state index contributed by atoms with van der Waals surface area (Å²) in [6, 6.07) is 9.92. The molecule has 0 bridgehead atoms. The SMILES string of the molecule is CCOc1cc(CNc2ccc(Br)cc2F)ccc1O. The topological polar surface area (TPSA) is 41.5 Å². The molecule has 0 saturated carbocycles. The summed E-state index contributed by atoms with van der Waals surface area (Å²) < 4.78 is 19.7. The second kappa shape index (κ2) is 6.61. The molecule has 2 rings (SSSR count). The third-order valence-corrected chi connectivity index (χ3v) is 3.23. The van der Waals surface area contributed by atoms with E-state index in [0.29, 0.717) is 29.1 Å². The van der Waals surface area contributed by atoms with E-state index in [1.54, 1.807) is 30.3 Å². The highest BCUT2D eigenvalue weighted by Gasteiger charge is 2.05. The molecule has 2 aromatic rings. The molecule has 20 heavy (non-hydrogen) atoms. The van der Waals surface area contributed by atoms with Crippen LogP contribution in [-0.4, -0.2) is 11.7 Å². The molecule has 3 nitrogen and oxygen atoms in total. The monoisotopic (exact) mass is 339 g/mol. The summed E-state index contributed by atoms with van der Waals surface area (Å²) in [4.78, 5) is 0. The molecule has 106 valence electrons. The van der Waals surface area contributed by atoms with Crippen molar-refractivity contribution in [1.82, 2.24) is 0 Å². The summed E-state index contributed by atoms with van der Waals surface area (Å²) in [7, 11) is 0. The van der Waals surface area contributed by atoms with Crippen molar-refractivity contribution in [2.24, 2.45) is 0 Å². The van der Waals surface area contributed by atoms with Crippen LogP contribution in [0.2, 0.25) is 0 Å². The maximum atomic E-state index is 13.7. The van der Waals surface area contributed by atoms with Crippen LogP contribution in [-0.2, 0) is 6.54 Å². The van der Waals surface area contributed by atoms with Gasteiger partial charge in [-0.15, -0.1) is 0 Å². The van der Waals surface area contributed by atoms with Crippen molar-refractivity contribution in [1.29, 1.82) is 0 Å². The summed E-state index contributed by atoms with van der Waals surface area (Å²) in [6.07, 6.45) is 0.